The van der Waals surface area contributed by atoms with E-state index in [2.05, 4.69) is 22.8 Å². The Bertz CT molecular complexity index is 763. The van der Waals surface area contributed by atoms with Crippen LogP contribution >= 0.6 is 0 Å². The maximum absolute atomic E-state index is 13.1. The first-order valence-corrected chi connectivity index (χ1v) is 7.87. The van der Waals surface area contributed by atoms with Crippen molar-refractivity contribution < 1.29 is 14.0 Å². The van der Waals surface area contributed by atoms with Gasteiger partial charge in [-0.2, -0.15) is 0 Å². The van der Waals surface area contributed by atoms with Crippen LogP contribution in [0.5, 0.6) is 0 Å². The Hall–Kier alpha value is -2.69. The molecule has 24 heavy (non-hydrogen) atoms. The molecule has 2 aromatic rings. The molecule has 3 rings (SSSR count). The van der Waals surface area contributed by atoms with Gasteiger partial charge in [0.05, 0.1) is 6.54 Å². The van der Waals surface area contributed by atoms with Crippen LogP contribution < -0.4 is 10.6 Å². The highest BCUT2D eigenvalue weighted by Gasteiger charge is 2.33. The van der Waals surface area contributed by atoms with Gasteiger partial charge in [0.1, 0.15) is 5.82 Å². The lowest BCUT2D eigenvalue weighted by molar-refractivity contribution is -0.121. The van der Waals surface area contributed by atoms with Crippen molar-refractivity contribution in [1.29, 1.82) is 0 Å². The van der Waals surface area contributed by atoms with E-state index in [0.29, 0.717) is 0 Å². The zero-order chi connectivity index (χ0) is 17.2. The van der Waals surface area contributed by atoms with Gasteiger partial charge in [0.25, 0.3) is 5.91 Å². The molecule has 0 radical (unpaired) electrons. The van der Waals surface area contributed by atoms with E-state index in [9.17, 15) is 14.0 Å². The van der Waals surface area contributed by atoms with E-state index in [1.807, 2.05) is 19.1 Å². The molecule has 4 nitrogen and oxygen atoms in total. The molecule has 2 amide bonds. The molecule has 0 heterocycles. The van der Waals surface area contributed by atoms with Gasteiger partial charge in [-0.15, -0.1) is 0 Å². The normalized spacial score (nSPS) is 14.8. The van der Waals surface area contributed by atoms with Crippen LogP contribution in [0.2, 0.25) is 0 Å². The summed E-state index contributed by atoms with van der Waals surface area (Å²) in [7, 11) is 0. The number of carbonyl (C=O) groups excluding carboxylic acids is 2. The average Bonchev–Trinajstić information content (AvgIpc) is 2.88. The Morgan fingerprint density at radius 1 is 1.08 bits per heavy atom. The molecule has 2 N–H and O–H groups in total. The highest BCUT2D eigenvalue weighted by molar-refractivity contribution is 5.96. The van der Waals surface area contributed by atoms with Crippen LogP contribution in [0.1, 0.15) is 28.4 Å². The topological polar surface area (TPSA) is 58.2 Å². The second kappa shape index (κ2) is 6.43. The first-order chi connectivity index (χ1) is 11.5. The van der Waals surface area contributed by atoms with Gasteiger partial charge in [-0.05, 0) is 49.1 Å². The number of hydrogen-bond acceptors (Lipinski definition) is 2. The summed E-state index contributed by atoms with van der Waals surface area (Å²) < 4.78 is 13.1. The van der Waals surface area contributed by atoms with E-state index in [1.165, 1.54) is 29.3 Å². The third-order valence-corrected chi connectivity index (χ3v) is 4.22. The zero-order valence-corrected chi connectivity index (χ0v) is 13.4. The number of fused-ring (bicyclic) bond motifs is 1. The number of benzene rings is 2. The molecule has 2 aromatic carbocycles. The highest BCUT2D eigenvalue weighted by atomic mass is 19.1. The van der Waals surface area contributed by atoms with Crippen molar-refractivity contribution in [2.24, 2.45) is 0 Å². The first kappa shape index (κ1) is 16.2. The number of nitrogens with one attached hydrogen (secondary N) is 2. The molecule has 0 aliphatic heterocycles. The average molecular weight is 326 g/mol. The minimum absolute atomic E-state index is 0.138. The summed E-state index contributed by atoms with van der Waals surface area (Å²) in [5.41, 5.74) is 2.33. The van der Waals surface area contributed by atoms with Crippen LogP contribution in [0.15, 0.2) is 48.5 Å². The van der Waals surface area contributed by atoms with Gasteiger partial charge in [0, 0.05) is 11.1 Å². The maximum Gasteiger partial charge on any atom is 0.251 e. The predicted octanol–water partition coefficient (Wildman–Crippen LogP) is 2.23. The van der Waals surface area contributed by atoms with E-state index in [4.69, 9.17) is 0 Å². The van der Waals surface area contributed by atoms with Gasteiger partial charge in [-0.3, -0.25) is 9.59 Å². The summed E-state index contributed by atoms with van der Waals surface area (Å²) in [6.45, 7) is 1.86. The molecule has 1 aliphatic rings. The van der Waals surface area contributed by atoms with Crippen molar-refractivity contribution in [3.63, 3.8) is 0 Å². The molecular weight excluding hydrogens is 307 g/mol. The second-order valence-corrected chi connectivity index (χ2v) is 6.42. The largest absolute Gasteiger partial charge is 0.349 e. The highest BCUT2D eigenvalue weighted by Crippen LogP contribution is 2.29. The van der Waals surface area contributed by atoms with Gasteiger partial charge in [-0.1, -0.05) is 30.3 Å². The van der Waals surface area contributed by atoms with E-state index < -0.39 is 11.7 Å². The lowest BCUT2D eigenvalue weighted by Crippen LogP contribution is -2.50. The van der Waals surface area contributed by atoms with Crippen LogP contribution in [0.4, 0.5) is 4.39 Å². The van der Waals surface area contributed by atoms with Crippen LogP contribution in [-0.2, 0) is 17.6 Å². The van der Waals surface area contributed by atoms with Gasteiger partial charge in [-0.25, -0.2) is 4.39 Å². The lowest BCUT2D eigenvalue weighted by atomic mass is 9.98. The van der Waals surface area contributed by atoms with Gasteiger partial charge in [0.2, 0.25) is 5.91 Å². The van der Waals surface area contributed by atoms with Crippen LogP contribution in [-0.4, -0.2) is 23.9 Å². The molecule has 1 aliphatic carbocycles. The zero-order valence-electron chi connectivity index (χ0n) is 13.4. The fraction of sp³-hybridized carbons (Fsp3) is 0.263. The summed E-state index contributed by atoms with van der Waals surface area (Å²) in [5, 5.41) is 5.51. The minimum atomic E-state index is -0.483. The molecule has 0 bridgehead atoms. The molecule has 124 valence electrons. The summed E-state index contributed by atoms with van der Waals surface area (Å²) in [4.78, 5) is 24.1. The third-order valence-electron chi connectivity index (χ3n) is 4.22. The second-order valence-electron chi connectivity index (χ2n) is 6.42. The maximum atomic E-state index is 13.1. The van der Waals surface area contributed by atoms with E-state index in [-0.39, 0.29) is 23.6 Å². The standard InChI is InChI=1S/C19H19FN2O2/c1-19(10-14-5-2-3-6-15(14)11-19)22-17(23)12-21-18(24)13-7-4-8-16(20)9-13/h2-9H,10-12H2,1H3,(H,21,24)(H,22,23). The van der Waals surface area contributed by atoms with Crippen LogP contribution in [0.3, 0.4) is 0 Å². The fourth-order valence-electron chi connectivity index (χ4n) is 3.17. The van der Waals surface area contributed by atoms with Gasteiger partial charge < -0.3 is 10.6 Å². The molecule has 0 unspecified atom stereocenters. The van der Waals surface area contributed by atoms with E-state index >= 15 is 0 Å². The van der Waals surface area contributed by atoms with E-state index in [0.717, 1.165) is 18.9 Å². The van der Waals surface area contributed by atoms with Crippen LogP contribution in [0, 0.1) is 5.82 Å². The number of carbonyl (C=O) groups is 2. The van der Waals surface area contributed by atoms with Crippen molar-refractivity contribution >= 4 is 11.8 Å². The monoisotopic (exact) mass is 326 g/mol. The molecule has 0 saturated heterocycles. The fourth-order valence-corrected chi connectivity index (χ4v) is 3.17. The lowest BCUT2D eigenvalue weighted by Gasteiger charge is -2.25. The number of halogens is 1. The Morgan fingerprint density at radius 2 is 1.75 bits per heavy atom. The smallest absolute Gasteiger partial charge is 0.251 e. The summed E-state index contributed by atoms with van der Waals surface area (Å²) in [5.74, 6) is -1.21. The van der Waals surface area contributed by atoms with Crippen molar-refractivity contribution in [2.75, 3.05) is 6.54 Å². The molecule has 5 heteroatoms. The Labute approximate surface area is 140 Å². The number of amides is 2. The quantitative estimate of drug-likeness (QED) is 0.905. The molecule has 0 saturated carbocycles. The Balaban J connectivity index is 1.54. The van der Waals surface area contributed by atoms with Crippen molar-refractivity contribution in [3.05, 3.63) is 71.0 Å². The summed E-state index contributed by atoms with van der Waals surface area (Å²) in [6.07, 6.45) is 1.54. The molecule has 0 atom stereocenters. The van der Waals surface area contributed by atoms with Crippen molar-refractivity contribution in [3.8, 4) is 0 Å². The molecule has 0 aromatic heterocycles. The van der Waals surface area contributed by atoms with Crippen LogP contribution in [0.25, 0.3) is 0 Å². The van der Waals surface area contributed by atoms with Gasteiger partial charge >= 0.3 is 0 Å². The SMILES string of the molecule is CC1(NC(=O)CNC(=O)c2cccc(F)c2)Cc2ccccc2C1. The van der Waals surface area contributed by atoms with Crippen molar-refractivity contribution in [1.82, 2.24) is 10.6 Å². The van der Waals surface area contributed by atoms with Gasteiger partial charge in [0.15, 0.2) is 0 Å². The van der Waals surface area contributed by atoms with Crippen molar-refractivity contribution in [2.45, 2.75) is 25.3 Å². The first-order valence-electron chi connectivity index (χ1n) is 7.87. The third kappa shape index (κ3) is 3.62. The Kier molecular flexibility index (Phi) is 4.34. The number of hydrogen-bond donors (Lipinski definition) is 2. The minimum Gasteiger partial charge on any atom is -0.349 e. The summed E-state index contributed by atoms with van der Waals surface area (Å²) in [6, 6.07) is 13.5. The molecule has 0 spiro atoms. The molecular formula is C19H19FN2O2. The Morgan fingerprint density at radius 3 is 2.38 bits per heavy atom. The predicted molar refractivity (Wildman–Crippen MR) is 89.1 cm³/mol. The van der Waals surface area contributed by atoms with E-state index in [1.54, 1.807) is 0 Å². The number of rotatable bonds is 4. The summed E-state index contributed by atoms with van der Waals surface area (Å²) >= 11 is 0. The molecule has 0 fully saturated rings.